The molecule has 2 nitrogen and oxygen atoms in total. The Labute approximate surface area is 118 Å². The Kier molecular flexibility index (Phi) is 3.85. The lowest BCUT2D eigenvalue weighted by Crippen LogP contribution is -2.35. The predicted molar refractivity (Wildman–Crippen MR) is 82.7 cm³/mol. The molecule has 0 bridgehead atoms. The van der Waals surface area contributed by atoms with Crippen molar-refractivity contribution in [3.63, 3.8) is 0 Å². The largest absolute Gasteiger partial charge is 0.459 e. The first-order valence-electron chi connectivity index (χ1n) is 7.05. The number of benzene rings is 1. The molecular weight excluding hydrogens is 254 g/mol. The SMILES string of the molecule is CSC1CCCC1NC(C)c1cc2ccccc2o1. The van der Waals surface area contributed by atoms with Gasteiger partial charge in [0.1, 0.15) is 11.3 Å². The third-order valence-electron chi connectivity index (χ3n) is 4.09. The second-order valence-electron chi connectivity index (χ2n) is 5.39. The van der Waals surface area contributed by atoms with E-state index in [0.29, 0.717) is 6.04 Å². The van der Waals surface area contributed by atoms with Crippen LogP contribution in [0.3, 0.4) is 0 Å². The third-order valence-corrected chi connectivity index (χ3v) is 5.26. The smallest absolute Gasteiger partial charge is 0.134 e. The molecule has 1 fully saturated rings. The average Bonchev–Trinajstić information content (AvgIpc) is 3.03. The molecule has 1 aliphatic rings. The van der Waals surface area contributed by atoms with Gasteiger partial charge in [0, 0.05) is 16.7 Å². The molecule has 0 radical (unpaired) electrons. The van der Waals surface area contributed by atoms with E-state index in [1.54, 1.807) is 0 Å². The van der Waals surface area contributed by atoms with Gasteiger partial charge in [-0.1, -0.05) is 24.6 Å². The van der Waals surface area contributed by atoms with E-state index in [9.17, 15) is 0 Å². The lowest BCUT2D eigenvalue weighted by atomic mass is 10.1. The van der Waals surface area contributed by atoms with Crippen molar-refractivity contribution in [3.8, 4) is 0 Å². The maximum absolute atomic E-state index is 5.94. The van der Waals surface area contributed by atoms with Crippen LogP contribution in [0.25, 0.3) is 11.0 Å². The van der Waals surface area contributed by atoms with Gasteiger partial charge in [0.15, 0.2) is 0 Å². The van der Waals surface area contributed by atoms with Crippen molar-refractivity contribution in [2.75, 3.05) is 6.26 Å². The zero-order valence-corrected chi connectivity index (χ0v) is 12.4. The number of para-hydroxylation sites is 1. The number of hydrogen-bond donors (Lipinski definition) is 1. The molecule has 1 saturated carbocycles. The molecule has 3 heteroatoms. The molecule has 0 saturated heterocycles. The van der Waals surface area contributed by atoms with Crippen LogP contribution in [0.1, 0.15) is 38.0 Å². The van der Waals surface area contributed by atoms with Crippen LogP contribution >= 0.6 is 11.8 Å². The molecule has 3 unspecified atom stereocenters. The molecule has 0 amide bonds. The van der Waals surface area contributed by atoms with E-state index < -0.39 is 0 Å². The molecule has 1 N–H and O–H groups in total. The lowest BCUT2D eigenvalue weighted by molar-refractivity contribution is 0.405. The fourth-order valence-corrected chi connectivity index (χ4v) is 3.96. The van der Waals surface area contributed by atoms with Crippen molar-refractivity contribution in [2.24, 2.45) is 0 Å². The van der Waals surface area contributed by atoms with E-state index in [0.717, 1.165) is 16.6 Å². The minimum atomic E-state index is 0.283. The van der Waals surface area contributed by atoms with Crippen molar-refractivity contribution in [1.29, 1.82) is 0 Å². The molecule has 1 aliphatic carbocycles. The molecule has 3 atom stereocenters. The van der Waals surface area contributed by atoms with Crippen LogP contribution in [0.15, 0.2) is 34.7 Å². The zero-order valence-electron chi connectivity index (χ0n) is 11.6. The van der Waals surface area contributed by atoms with E-state index >= 15 is 0 Å². The molecule has 19 heavy (non-hydrogen) atoms. The monoisotopic (exact) mass is 275 g/mol. The summed E-state index contributed by atoms with van der Waals surface area (Å²) in [5.74, 6) is 1.05. The zero-order chi connectivity index (χ0) is 13.2. The Bertz CT molecular complexity index is 517. The summed E-state index contributed by atoms with van der Waals surface area (Å²) in [6, 6.07) is 11.3. The van der Waals surface area contributed by atoms with Crippen LogP contribution < -0.4 is 5.32 Å². The van der Waals surface area contributed by atoms with Gasteiger partial charge in [0.25, 0.3) is 0 Å². The summed E-state index contributed by atoms with van der Waals surface area (Å²) in [4.78, 5) is 0. The molecule has 3 rings (SSSR count). The highest BCUT2D eigenvalue weighted by Gasteiger charge is 2.28. The van der Waals surface area contributed by atoms with Gasteiger partial charge in [-0.3, -0.25) is 0 Å². The Morgan fingerprint density at radius 1 is 1.32 bits per heavy atom. The number of hydrogen-bond acceptors (Lipinski definition) is 3. The first kappa shape index (κ1) is 13.1. The van der Waals surface area contributed by atoms with Crippen molar-refractivity contribution >= 4 is 22.7 Å². The maximum Gasteiger partial charge on any atom is 0.134 e. The summed E-state index contributed by atoms with van der Waals surface area (Å²) in [6.07, 6.45) is 6.19. The summed E-state index contributed by atoms with van der Waals surface area (Å²) in [6.45, 7) is 2.20. The second kappa shape index (κ2) is 5.59. The molecule has 1 aromatic carbocycles. The van der Waals surface area contributed by atoms with Crippen LogP contribution in [0.4, 0.5) is 0 Å². The minimum absolute atomic E-state index is 0.283. The van der Waals surface area contributed by atoms with E-state index in [4.69, 9.17) is 4.42 Å². The number of thioether (sulfide) groups is 1. The molecule has 102 valence electrons. The summed E-state index contributed by atoms with van der Waals surface area (Å²) in [5, 5.41) is 5.69. The highest BCUT2D eigenvalue weighted by Crippen LogP contribution is 2.31. The van der Waals surface area contributed by atoms with Gasteiger partial charge < -0.3 is 9.73 Å². The maximum atomic E-state index is 5.94. The predicted octanol–water partition coefficient (Wildman–Crippen LogP) is 4.37. The van der Waals surface area contributed by atoms with Crippen molar-refractivity contribution in [3.05, 3.63) is 36.1 Å². The fraction of sp³-hybridized carbons (Fsp3) is 0.500. The third kappa shape index (κ3) is 2.67. The highest BCUT2D eigenvalue weighted by atomic mass is 32.2. The van der Waals surface area contributed by atoms with Crippen LogP contribution in [0, 0.1) is 0 Å². The van der Waals surface area contributed by atoms with E-state index in [-0.39, 0.29) is 6.04 Å². The van der Waals surface area contributed by atoms with E-state index in [1.807, 2.05) is 23.9 Å². The number of fused-ring (bicyclic) bond motifs is 1. The van der Waals surface area contributed by atoms with E-state index in [1.165, 1.54) is 24.6 Å². The van der Waals surface area contributed by atoms with Crippen LogP contribution in [-0.4, -0.2) is 17.5 Å². The van der Waals surface area contributed by atoms with Gasteiger partial charge in [-0.25, -0.2) is 0 Å². The fourth-order valence-electron chi connectivity index (χ4n) is 3.02. The summed E-state index contributed by atoms with van der Waals surface area (Å²) < 4.78 is 5.94. The number of nitrogens with one attached hydrogen (secondary N) is 1. The first-order chi connectivity index (χ1) is 9.28. The van der Waals surface area contributed by atoms with Gasteiger partial charge in [0.05, 0.1) is 6.04 Å². The molecular formula is C16H21NOS. The van der Waals surface area contributed by atoms with Crippen molar-refractivity contribution < 1.29 is 4.42 Å². The highest BCUT2D eigenvalue weighted by molar-refractivity contribution is 7.99. The van der Waals surface area contributed by atoms with Crippen LogP contribution in [0.2, 0.25) is 0 Å². The van der Waals surface area contributed by atoms with Crippen molar-refractivity contribution in [2.45, 2.75) is 43.5 Å². The lowest BCUT2D eigenvalue weighted by Gasteiger charge is -2.22. The Morgan fingerprint density at radius 2 is 2.16 bits per heavy atom. The summed E-state index contributed by atoms with van der Waals surface area (Å²) >= 11 is 1.99. The molecule has 0 spiro atoms. The molecule has 0 aliphatic heterocycles. The van der Waals surface area contributed by atoms with Crippen LogP contribution in [-0.2, 0) is 0 Å². The normalized spacial score (nSPS) is 24.9. The standard InChI is InChI=1S/C16H21NOS/c1-11(17-13-7-5-9-16(13)19-2)15-10-12-6-3-4-8-14(12)18-15/h3-4,6,8,10-11,13,16-17H,5,7,9H2,1-2H3. The van der Waals surface area contributed by atoms with Gasteiger partial charge in [0.2, 0.25) is 0 Å². The average molecular weight is 275 g/mol. The second-order valence-corrected chi connectivity index (χ2v) is 6.46. The Hall–Kier alpha value is -0.930. The van der Waals surface area contributed by atoms with Crippen molar-refractivity contribution in [1.82, 2.24) is 5.32 Å². The Morgan fingerprint density at radius 3 is 2.95 bits per heavy atom. The topological polar surface area (TPSA) is 25.2 Å². The van der Waals surface area contributed by atoms with E-state index in [2.05, 4.69) is 36.7 Å². The van der Waals surface area contributed by atoms with Gasteiger partial charge in [-0.05, 0) is 38.2 Å². The Balaban J connectivity index is 1.74. The number of rotatable bonds is 4. The number of furan rings is 1. The van der Waals surface area contributed by atoms with Crippen LogP contribution in [0.5, 0.6) is 0 Å². The quantitative estimate of drug-likeness (QED) is 0.897. The van der Waals surface area contributed by atoms with Gasteiger partial charge in [-0.2, -0.15) is 11.8 Å². The molecule has 1 aromatic heterocycles. The summed E-state index contributed by atoms with van der Waals surface area (Å²) in [5.41, 5.74) is 0.985. The summed E-state index contributed by atoms with van der Waals surface area (Å²) in [7, 11) is 0. The van der Waals surface area contributed by atoms with Gasteiger partial charge >= 0.3 is 0 Å². The van der Waals surface area contributed by atoms with Gasteiger partial charge in [-0.15, -0.1) is 0 Å². The molecule has 2 aromatic rings. The minimum Gasteiger partial charge on any atom is -0.459 e. The first-order valence-corrected chi connectivity index (χ1v) is 8.34. The molecule has 1 heterocycles.